The molecule has 2 unspecified atom stereocenters. The zero-order valence-corrected chi connectivity index (χ0v) is 28.2. The smallest absolute Gasteiger partial charge is 0.319 e. The fourth-order valence-electron chi connectivity index (χ4n) is 8.30. The van der Waals surface area contributed by atoms with Gasteiger partial charge in [-0.2, -0.15) is 15.2 Å². The zero-order chi connectivity index (χ0) is 34.2. The maximum absolute atomic E-state index is 17.3. The van der Waals surface area contributed by atoms with Crippen LogP contribution in [0.2, 0.25) is 5.02 Å². The van der Waals surface area contributed by atoms with E-state index < -0.39 is 30.6 Å². The van der Waals surface area contributed by atoms with Gasteiger partial charge in [0.2, 0.25) is 6.43 Å². The quantitative estimate of drug-likeness (QED) is 0.208. The molecule has 49 heavy (non-hydrogen) atoms. The number of thiophene rings is 1. The van der Waals surface area contributed by atoms with Crippen molar-refractivity contribution in [2.24, 2.45) is 5.92 Å². The largest absolute Gasteiger partial charge is 0.491 e. The molecule has 0 saturated carbocycles. The van der Waals surface area contributed by atoms with E-state index in [1.165, 1.54) is 12.1 Å². The van der Waals surface area contributed by atoms with Gasteiger partial charge >= 0.3 is 6.01 Å². The van der Waals surface area contributed by atoms with Crippen LogP contribution in [0.1, 0.15) is 44.6 Å². The van der Waals surface area contributed by atoms with Crippen LogP contribution in [0.5, 0.6) is 11.8 Å². The van der Waals surface area contributed by atoms with Crippen LogP contribution in [0.3, 0.4) is 0 Å². The summed E-state index contributed by atoms with van der Waals surface area (Å²) >= 11 is 7.92. The summed E-state index contributed by atoms with van der Waals surface area (Å²) in [6, 6.07) is 4.18. The second-order valence-electron chi connectivity index (χ2n) is 13.5. The van der Waals surface area contributed by atoms with E-state index in [2.05, 4.69) is 16.8 Å². The molecule has 9 nitrogen and oxygen atoms in total. The predicted octanol–water partition coefficient (Wildman–Crippen LogP) is 7.16. The highest BCUT2D eigenvalue weighted by molar-refractivity contribution is 7.23. The van der Waals surface area contributed by atoms with Gasteiger partial charge in [-0.3, -0.25) is 4.90 Å². The minimum atomic E-state index is -2.58. The average Bonchev–Trinajstić information content (AvgIpc) is 3.71. The Kier molecular flexibility index (Phi) is 8.17. The monoisotopic (exact) mass is 716 g/mol. The Morgan fingerprint density at radius 3 is 2.88 bits per heavy atom. The summed E-state index contributed by atoms with van der Waals surface area (Å²) in [4.78, 5) is 13.7. The van der Waals surface area contributed by atoms with Gasteiger partial charge in [0.05, 0.1) is 51.6 Å². The number of alkyl halides is 2. The normalized spacial score (nSPS) is 25.3. The summed E-state index contributed by atoms with van der Waals surface area (Å²) in [5.41, 5.74) is 5.77. The predicted molar refractivity (Wildman–Crippen MR) is 179 cm³/mol. The number of ether oxygens (including phenoxy) is 3. The van der Waals surface area contributed by atoms with Crippen LogP contribution in [-0.4, -0.2) is 78.4 Å². The number of nitrogens with two attached hydrogens (primary N) is 1. The summed E-state index contributed by atoms with van der Waals surface area (Å²) in [6.45, 7) is 4.82. The molecule has 8 rings (SSSR count). The number of hydrogen-bond donors (Lipinski definition) is 1. The van der Waals surface area contributed by atoms with Crippen molar-refractivity contribution in [1.29, 1.82) is 5.26 Å². The van der Waals surface area contributed by atoms with E-state index in [1.54, 1.807) is 0 Å². The molecule has 0 amide bonds. The molecule has 3 saturated heterocycles. The Morgan fingerprint density at radius 2 is 2.08 bits per heavy atom. The number of benzene rings is 2. The summed E-state index contributed by atoms with van der Waals surface area (Å²) in [6.07, 6.45) is -0.460. The molecule has 6 heterocycles. The lowest BCUT2D eigenvalue weighted by atomic mass is 9.92. The highest BCUT2D eigenvalue weighted by Gasteiger charge is 2.48. The van der Waals surface area contributed by atoms with Crippen LogP contribution >= 0.6 is 22.9 Å². The molecule has 4 aliphatic heterocycles. The highest BCUT2D eigenvalue weighted by atomic mass is 35.5. The third-order valence-electron chi connectivity index (χ3n) is 10.4. The van der Waals surface area contributed by atoms with Gasteiger partial charge in [-0.1, -0.05) is 24.6 Å². The fourth-order valence-corrected chi connectivity index (χ4v) is 9.59. The van der Waals surface area contributed by atoms with E-state index in [9.17, 15) is 14.0 Å². The van der Waals surface area contributed by atoms with E-state index in [4.69, 9.17) is 36.5 Å². The highest BCUT2D eigenvalue weighted by Crippen LogP contribution is 2.51. The molecule has 0 radical (unpaired) electrons. The molecule has 0 bridgehead atoms. The number of nitrogens with zero attached hydrogens (tertiary/aromatic N) is 5. The Balaban J connectivity index is 1.34. The summed E-state index contributed by atoms with van der Waals surface area (Å²) in [5.74, 6) is -0.633. The van der Waals surface area contributed by atoms with Crippen molar-refractivity contribution >= 4 is 54.7 Å². The maximum atomic E-state index is 17.3. The van der Waals surface area contributed by atoms with Crippen molar-refractivity contribution in [3.05, 3.63) is 34.4 Å². The van der Waals surface area contributed by atoms with Gasteiger partial charge in [-0.25, -0.2) is 17.6 Å². The molecule has 4 atom stereocenters. The van der Waals surface area contributed by atoms with Crippen LogP contribution in [0.15, 0.2) is 12.1 Å². The number of fused-ring (bicyclic) bond motifs is 4. The maximum Gasteiger partial charge on any atom is 0.319 e. The van der Waals surface area contributed by atoms with E-state index in [1.807, 2.05) is 11.0 Å². The molecular weight excluding hydrogens is 684 g/mol. The van der Waals surface area contributed by atoms with Crippen LogP contribution in [0.25, 0.3) is 32.1 Å². The number of nitriles is 1. The molecule has 2 aromatic heterocycles. The third-order valence-corrected chi connectivity index (χ3v) is 11.8. The van der Waals surface area contributed by atoms with Gasteiger partial charge in [0.1, 0.15) is 34.8 Å². The lowest BCUT2D eigenvalue weighted by molar-refractivity contribution is -0.0217. The minimum Gasteiger partial charge on any atom is -0.491 e. The Labute approximate surface area is 288 Å². The number of hydrogen-bond acceptors (Lipinski definition) is 10. The van der Waals surface area contributed by atoms with E-state index in [-0.39, 0.29) is 96.6 Å². The molecule has 258 valence electrons. The van der Waals surface area contributed by atoms with E-state index >= 15 is 8.78 Å². The first-order chi connectivity index (χ1) is 23.6. The first-order valence-corrected chi connectivity index (χ1v) is 17.6. The SMILES string of the molecule is C[C@H]1CN2CCC[C@@]2(COc2nc3c4c(c(Cl)c(-c5ccc(F)c6sc(N)c(C#N)c56)c(F)c4n2)OCCC2COC(CC(F)F)CN32)C1. The summed E-state index contributed by atoms with van der Waals surface area (Å²) in [7, 11) is 0. The lowest BCUT2D eigenvalue weighted by Gasteiger charge is -2.42. The Bertz CT molecular complexity index is 2030. The van der Waals surface area contributed by atoms with E-state index in [0.29, 0.717) is 18.9 Å². The van der Waals surface area contributed by atoms with Crippen LogP contribution in [0.4, 0.5) is 28.4 Å². The van der Waals surface area contributed by atoms with Gasteiger partial charge in [-0.05, 0) is 43.4 Å². The summed E-state index contributed by atoms with van der Waals surface area (Å²) < 4.78 is 77.8. The standard InChI is InChI=1S/C34H33ClF4N6O3S/c1-16-10-34(6-2-7-44(34)12-16)15-48-33-42-28-25-29(46-8-5-17-14-47-18(9-22(37)38)13-45(17)32(25)43-33)26(35)24(27(28)39)19-3-4-21(36)30-23(19)20(11-40)31(41)49-30/h3-4,16-18,22H,2,5-10,12-15,41H2,1H3/t16-,17?,18?,34+/m1/s1. The summed E-state index contributed by atoms with van der Waals surface area (Å²) in [5, 5.41) is 10.2. The van der Waals surface area contributed by atoms with E-state index in [0.717, 1.165) is 43.7 Å². The number of halogens is 5. The molecular formula is C34H33ClF4N6O3S. The number of aromatic nitrogens is 2. The number of morpholine rings is 1. The van der Waals surface area contributed by atoms with Crippen LogP contribution < -0.4 is 20.1 Å². The second kappa shape index (κ2) is 12.3. The third kappa shape index (κ3) is 5.32. The van der Waals surface area contributed by atoms with Crippen molar-refractivity contribution < 1.29 is 31.8 Å². The van der Waals surface area contributed by atoms with Gasteiger partial charge in [0, 0.05) is 36.9 Å². The van der Waals surface area contributed by atoms with Gasteiger partial charge < -0.3 is 24.8 Å². The Hall–Kier alpha value is -3.64. The molecule has 0 aliphatic carbocycles. The lowest BCUT2D eigenvalue weighted by Crippen LogP contribution is -2.51. The second-order valence-corrected chi connectivity index (χ2v) is 15.0. The molecule has 2 N–H and O–H groups in total. The zero-order valence-electron chi connectivity index (χ0n) is 26.6. The number of nitrogen functional groups attached to an aromatic ring is 1. The average molecular weight is 717 g/mol. The fraction of sp³-hybridized carbons (Fsp3) is 0.500. The van der Waals surface area contributed by atoms with Crippen molar-refractivity contribution in [3.8, 4) is 29.0 Å². The van der Waals surface area contributed by atoms with Crippen molar-refractivity contribution in [3.63, 3.8) is 0 Å². The Morgan fingerprint density at radius 1 is 1.24 bits per heavy atom. The molecule has 3 fully saturated rings. The van der Waals surface area contributed by atoms with Crippen molar-refractivity contribution in [2.45, 2.75) is 63.1 Å². The minimum absolute atomic E-state index is 0.00782. The first kappa shape index (κ1) is 32.6. The van der Waals surface area contributed by atoms with Crippen molar-refractivity contribution in [2.75, 3.05) is 50.1 Å². The molecule has 0 spiro atoms. The van der Waals surface area contributed by atoms with Crippen LogP contribution in [0, 0.1) is 28.9 Å². The molecule has 4 aliphatic rings. The molecule has 4 aromatic rings. The molecule has 2 aromatic carbocycles. The van der Waals surface area contributed by atoms with Crippen LogP contribution in [-0.2, 0) is 4.74 Å². The first-order valence-electron chi connectivity index (χ1n) is 16.4. The number of anilines is 2. The topological polar surface area (TPSA) is 110 Å². The van der Waals surface area contributed by atoms with Gasteiger partial charge in [0.25, 0.3) is 0 Å². The van der Waals surface area contributed by atoms with Crippen molar-refractivity contribution in [1.82, 2.24) is 14.9 Å². The number of rotatable bonds is 6. The van der Waals surface area contributed by atoms with Gasteiger partial charge in [-0.15, -0.1) is 11.3 Å². The van der Waals surface area contributed by atoms with Gasteiger partial charge in [0.15, 0.2) is 11.6 Å². The molecule has 15 heteroatoms.